The third kappa shape index (κ3) is 3.60. The van der Waals surface area contributed by atoms with Crippen LogP contribution in [-0.2, 0) is 6.54 Å². The van der Waals surface area contributed by atoms with E-state index in [0.29, 0.717) is 5.95 Å². The Morgan fingerprint density at radius 3 is 2.80 bits per heavy atom. The maximum absolute atomic E-state index is 6.01. The van der Waals surface area contributed by atoms with E-state index in [1.807, 2.05) is 30.0 Å². The van der Waals surface area contributed by atoms with Crippen LogP contribution in [0.4, 0.5) is 5.95 Å². The van der Waals surface area contributed by atoms with Crippen LogP contribution in [-0.4, -0.2) is 28.7 Å². The molecule has 0 amide bonds. The van der Waals surface area contributed by atoms with Crippen molar-refractivity contribution in [2.45, 2.75) is 32.2 Å². The van der Waals surface area contributed by atoms with Crippen LogP contribution in [0.1, 0.15) is 25.7 Å². The van der Waals surface area contributed by atoms with Crippen LogP contribution < -0.4 is 10.5 Å². The second-order valence-corrected chi connectivity index (χ2v) is 5.87. The number of aromatic nitrogens is 2. The minimum Gasteiger partial charge on any atom is -0.497 e. The van der Waals surface area contributed by atoms with Gasteiger partial charge in [0.2, 0.25) is 5.95 Å². The first-order valence-corrected chi connectivity index (χ1v) is 8.44. The Morgan fingerprint density at radius 1 is 1.25 bits per heavy atom. The van der Waals surface area contributed by atoms with Gasteiger partial charge in [-0.15, -0.1) is 0 Å². The Kier molecular flexibility index (Phi) is 5.59. The zero-order chi connectivity index (χ0) is 14.4. The Bertz CT molecular complexity index is 553. The number of aryl methyl sites for hydroxylation is 1. The lowest BCUT2D eigenvalue weighted by Gasteiger charge is -2.07. The lowest BCUT2D eigenvalue weighted by molar-refractivity contribution is 0.415. The summed E-state index contributed by atoms with van der Waals surface area (Å²) in [6.45, 7) is 0.925. The lowest BCUT2D eigenvalue weighted by atomic mass is 10.2. The largest absolute Gasteiger partial charge is 0.497 e. The van der Waals surface area contributed by atoms with Crippen LogP contribution in [0.5, 0.6) is 5.75 Å². The number of imidazole rings is 1. The Morgan fingerprint density at radius 2 is 2.05 bits per heavy atom. The maximum Gasteiger partial charge on any atom is 0.201 e. The topological polar surface area (TPSA) is 53.1 Å². The molecule has 1 heterocycles. The van der Waals surface area contributed by atoms with Gasteiger partial charge in [0.05, 0.1) is 18.1 Å². The number of nitrogen functional groups attached to an aromatic ring is 1. The molecule has 0 bridgehead atoms. The summed E-state index contributed by atoms with van der Waals surface area (Å²) in [7, 11) is 1.68. The molecule has 2 aromatic rings. The van der Waals surface area contributed by atoms with Crippen LogP contribution in [0.15, 0.2) is 18.2 Å². The van der Waals surface area contributed by atoms with Crippen LogP contribution in [0.25, 0.3) is 11.0 Å². The first-order valence-electron chi connectivity index (χ1n) is 7.05. The van der Waals surface area contributed by atoms with E-state index in [-0.39, 0.29) is 0 Å². The number of thioether (sulfide) groups is 1. The number of unbranched alkanes of at least 4 members (excludes halogenated alkanes) is 3. The van der Waals surface area contributed by atoms with Gasteiger partial charge in [0.25, 0.3) is 0 Å². The summed E-state index contributed by atoms with van der Waals surface area (Å²) in [5, 5.41) is 0. The summed E-state index contributed by atoms with van der Waals surface area (Å²) >= 11 is 1.92. The highest BCUT2D eigenvalue weighted by molar-refractivity contribution is 7.98. The third-order valence-corrected chi connectivity index (χ3v) is 4.16. The second-order valence-electron chi connectivity index (χ2n) is 4.88. The van der Waals surface area contributed by atoms with Gasteiger partial charge in [-0.25, -0.2) is 4.98 Å². The van der Waals surface area contributed by atoms with E-state index in [2.05, 4.69) is 15.8 Å². The van der Waals surface area contributed by atoms with Crippen LogP contribution in [0.3, 0.4) is 0 Å². The predicted octanol–water partition coefficient (Wildman–Crippen LogP) is 3.55. The molecule has 0 aliphatic heterocycles. The summed E-state index contributed by atoms with van der Waals surface area (Å²) in [4.78, 5) is 4.40. The predicted molar refractivity (Wildman–Crippen MR) is 87.5 cm³/mol. The molecule has 4 nitrogen and oxygen atoms in total. The molecule has 1 aromatic carbocycles. The molecule has 0 radical (unpaired) electrons. The van der Waals surface area contributed by atoms with Crippen molar-refractivity contribution < 1.29 is 4.74 Å². The van der Waals surface area contributed by atoms with E-state index in [9.17, 15) is 0 Å². The molecule has 2 rings (SSSR count). The number of rotatable bonds is 8. The number of anilines is 1. The molecule has 0 unspecified atom stereocenters. The average molecular weight is 293 g/mol. The molecule has 2 N–H and O–H groups in total. The number of methoxy groups -OCH3 is 1. The Hall–Kier alpha value is -1.36. The number of hydrogen-bond acceptors (Lipinski definition) is 4. The molecule has 1 aromatic heterocycles. The van der Waals surface area contributed by atoms with Gasteiger partial charge in [0.15, 0.2) is 0 Å². The van der Waals surface area contributed by atoms with Gasteiger partial charge in [-0.2, -0.15) is 11.8 Å². The van der Waals surface area contributed by atoms with Crippen molar-refractivity contribution in [3.8, 4) is 5.75 Å². The van der Waals surface area contributed by atoms with E-state index in [0.717, 1.165) is 29.7 Å². The zero-order valence-corrected chi connectivity index (χ0v) is 13.1. The van der Waals surface area contributed by atoms with Gasteiger partial charge in [-0.1, -0.05) is 12.8 Å². The van der Waals surface area contributed by atoms with Crippen molar-refractivity contribution >= 4 is 28.7 Å². The highest BCUT2D eigenvalue weighted by Crippen LogP contribution is 2.23. The SMILES string of the molecule is COc1ccc2nc(N)n(CCCCCCSC)c2c1. The molecule has 5 heteroatoms. The fourth-order valence-corrected chi connectivity index (χ4v) is 2.85. The standard InChI is InChI=1S/C15H23N3OS/c1-19-12-7-8-13-14(11-12)18(15(16)17-13)9-5-3-4-6-10-20-2/h7-8,11H,3-6,9-10H2,1-2H3,(H2,16,17). The molecule has 0 saturated heterocycles. The van der Waals surface area contributed by atoms with Gasteiger partial charge in [-0.3, -0.25) is 0 Å². The first-order chi connectivity index (χ1) is 9.76. The van der Waals surface area contributed by atoms with Gasteiger partial charge < -0.3 is 15.0 Å². The van der Waals surface area contributed by atoms with Crippen molar-refractivity contribution in [3.05, 3.63) is 18.2 Å². The summed E-state index contributed by atoms with van der Waals surface area (Å²) in [6.07, 6.45) is 7.13. The number of benzene rings is 1. The molecule has 0 atom stereocenters. The normalized spacial score (nSPS) is 11.1. The fourth-order valence-electron chi connectivity index (χ4n) is 2.35. The minimum absolute atomic E-state index is 0.595. The molecular weight excluding hydrogens is 270 g/mol. The molecule has 110 valence electrons. The van der Waals surface area contributed by atoms with Crippen molar-refractivity contribution in [2.75, 3.05) is 24.9 Å². The van der Waals surface area contributed by atoms with E-state index >= 15 is 0 Å². The molecule has 0 fully saturated rings. The van der Waals surface area contributed by atoms with E-state index in [1.165, 1.54) is 25.0 Å². The van der Waals surface area contributed by atoms with Crippen LogP contribution in [0, 0.1) is 0 Å². The monoisotopic (exact) mass is 293 g/mol. The zero-order valence-electron chi connectivity index (χ0n) is 12.3. The number of nitrogens with two attached hydrogens (primary N) is 1. The third-order valence-electron chi connectivity index (χ3n) is 3.47. The quantitative estimate of drug-likeness (QED) is 0.756. The highest BCUT2D eigenvalue weighted by atomic mass is 32.2. The first kappa shape index (κ1) is 15.0. The summed E-state index contributed by atoms with van der Waals surface area (Å²) in [6, 6.07) is 5.88. The summed E-state index contributed by atoms with van der Waals surface area (Å²) in [5.74, 6) is 2.70. The second kappa shape index (κ2) is 7.43. The molecule has 0 saturated carbocycles. The lowest BCUT2D eigenvalue weighted by Crippen LogP contribution is -2.03. The van der Waals surface area contributed by atoms with Crippen molar-refractivity contribution in [1.29, 1.82) is 0 Å². The molecule has 20 heavy (non-hydrogen) atoms. The summed E-state index contributed by atoms with van der Waals surface area (Å²) < 4.78 is 7.36. The van der Waals surface area contributed by atoms with Crippen molar-refractivity contribution in [1.82, 2.24) is 9.55 Å². The fraction of sp³-hybridized carbons (Fsp3) is 0.533. The minimum atomic E-state index is 0.595. The van der Waals surface area contributed by atoms with E-state index < -0.39 is 0 Å². The molecule has 0 spiro atoms. The van der Waals surface area contributed by atoms with E-state index in [1.54, 1.807) is 7.11 Å². The van der Waals surface area contributed by atoms with Gasteiger partial charge >= 0.3 is 0 Å². The highest BCUT2D eigenvalue weighted by Gasteiger charge is 2.08. The van der Waals surface area contributed by atoms with Crippen LogP contribution in [0.2, 0.25) is 0 Å². The summed E-state index contributed by atoms with van der Waals surface area (Å²) in [5.41, 5.74) is 8.01. The van der Waals surface area contributed by atoms with Gasteiger partial charge in [-0.05, 0) is 37.0 Å². The smallest absolute Gasteiger partial charge is 0.201 e. The molecular formula is C15H23N3OS. The number of nitrogens with zero attached hydrogens (tertiary/aromatic N) is 2. The molecule has 0 aliphatic carbocycles. The van der Waals surface area contributed by atoms with Crippen LogP contribution >= 0.6 is 11.8 Å². The average Bonchev–Trinajstić information content (AvgIpc) is 2.77. The van der Waals surface area contributed by atoms with Crippen molar-refractivity contribution in [3.63, 3.8) is 0 Å². The maximum atomic E-state index is 6.01. The number of hydrogen-bond donors (Lipinski definition) is 1. The Balaban J connectivity index is 1.99. The Labute approximate surface area is 124 Å². The van der Waals surface area contributed by atoms with Gasteiger partial charge in [0, 0.05) is 12.6 Å². The number of fused-ring (bicyclic) bond motifs is 1. The van der Waals surface area contributed by atoms with E-state index in [4.69, 9.17) is 10.5 Å². The van der Waals surface area contributed by atoms with Gasteiger partial charge in [0.1, 0.15) is 5.75 Å². The number of ether oxygens (including phenoxy) is 1. The van der Waals surface area contributed by atoms with Crippen molar-refractivity contribution in [2.24, 2.45) is 0 Å². The molecule has 0 aliphatic rings.